The standard InChI is InChI=1S/C28H32N4O5/c1-18(33)29-20-11-13-21(14-12-20)30-24(34)17-32-25-22-9-5-6-10-23(22)37-26(25)27(35)31(28(32)36)16-15-19-7-3-2-4-8-19/h2-4,7-8,11-14,22-23,25-26H,5-6,9-10,15-17H2,1H3,(H,29,33)(H,30,34). The van der Waals surface area contributed by atoms with E-state index < -0.39 is 18.2 Å². The van der Waals surface area contributed by atoms with Gasteiger partial charge in [-0.3, -0.25) is 19.3 Å². The molecule has 2 aromatic carbocycles. The lowest BCUT2D eigenvalue weighted by atomic mass is 9.81. The molecule has 5 amide bonds. The van der Waals surface area contributed by atoms with Crippen LogP contribution in [0.15, 0.2) is 54.6 Å². The Labute approximate surface area is 216 Å². The molecule has 0 bridgehead atoms. The van der Waals surface area contributed by atoms with E-state index in [-0.39, 0.29) is 42.8 Å². The maximum Gasteiger partial charge on any atom is 0.327 e. The van der Waals surface area contributed by atoms with Gasteiger partial charge in [0, 0.05) is 30.8 Å². The lowest BCUT2D eigenvalue weighted by molar-refractivity contribution is -0.147. The smallest absolute Gasteiger partial charge is 0.327 e. The minimum Gasteiger partial charge on any atom is -0.363 e. The van der Waals surface area contributed by atoms with E-state index in [0.29, 0.717) is 17.8 Å². The number of carbonyl (C=O) groups excluding carboxylic acids is 4. The van der Waals surface area contributed by atoms with E-state index in [1.54, 1.807) is 29.2 Å². The highest BCUT2D eigenvalue weighted by Crippen LogP contribution is 2.43. The van der Waals surface area contributed by atoms with Crippen LogP contribution in [0.5, 0.6) is 0 Å². The van der Waals surface area contributed by atoms with E-state index in [4.69, 9.17) is 4.74 Å². The van der Waals surface area contributed by atoms with Crippen molar-refractivity contribution in [3.8, 4) is 0 Å². The maximum absolute atomic E-state index is 13.7. The second kappa shape index (κ2) is 10.7. The van der Waals surface area contributed by atoms with E-state index in [0.717, 1.165) is 31.2 Å². The molecule has 3 aliphatic rings. The summed E-state index contributed by atoms with van der Waals surface area (Å²) >= 11 is 0. The summed E-state index contributed by atoms with van der Waals surface area (Å²) in [6.45, 7) is 1.48. The number of imide groups is 1. The summed E-state index contributed by atoms with van der Waals surface area (Å²) in [5.41, 5.74) is 2.20. The molecule has 1 saturated carbocycles. The van der Waals surface area contributed by atoms with Crippen molar-refractivity contribution in [3.05, 3.63) is 60.2 Å². The Morgan fingerprint density at radius 2 is 1.62 bits per heavy atom. The molecule has 4 atom stereocenters. The molecule has 37 heavy (non-hydrogen) atoms. The van der Waals surface area contributed by atoms with Gasteiger partial charge in [0.15, 0.2) is 6.10 Å². The van der Waals surface area contributed by atoms with Gasteiger partial charge in [-0.15, -0.1) is 0 Å². The monoisotopic (exact) mass is 504 g/mol. The molecule has 0 spiro atoms. The predicted octanol–water partition coefficient (Wildman–Crippen LogP) is 3.42. The molecular formula is C28H32N4O5. The number of amides is 5. The van der Waals surface area contributed by atoms with Crippen LogP contribution in [0.25, 0.3) is 0 Å². The van der Waals surface area contributed by atoms with Crippen LogP contribution in [0.2, 0.25) is 0 Å². The Morgan fingerprint density at radius 1 is 0.946 bits per heavy atom. The summed E-state index contributed by atoms with van der Waals surface area (Å²) in [6.07, 6.45) is 3.52. The Bertz CT molecular complexity index is 1170. The number of ether oxygens (including phenoxy) is 1. The number of rotatable bonds is 7. The first-order valence-corrected chi connectivity index (χ1v) is 12.9. The SMILES string of the molecule is CC(=O)Nc1ccc(NC(=O)CN2C(=O)N(CCc3ccccc3)C(=O)C3OC4CCCCC4C32)cc1. The van der Waals surface area contributed by atoms with Crippen molar-refractivity contribution in [3.63, 3.8) is 0 Å². The third kappa shape index (κ3) is 5.36. The molecule has 0 aromatic heterocycles. The molecule has 2 heterocycles. The van der Waals surface area contributed by atoms with E-state index in [1.807, 2.05) is 30.3 Å². The number of urea groups is 1. The van der Waals surface area contributed by atoms with Crippen LogP contribution < -0.4 is 10.6 Å². The Kier molecular flexibility index (Phi) is 7.23. The van der Waals surface area contributed by atoms with Gasteiger partial charge in [0.05, 0.1) is 12.1 Å². The van der Waals surface area contributed by atoms with Gasteiger partial charge in [0.2, 0.25) is 11.8 Å². The Morgan fingerprint density at radius 3 is 2.32 bits per heavy atom. The fourth-order valence-electron chi connectivity index (χ4n) is 5.77. The van der Waals surface area contributed by atoms with Crippen LogP contribution in [0.4, 0.5) is 16.2 Å². The zero-order chi connectivity index (χ0) is 25.9. The van der Waals surface area contributed by atoms with E-state index >= 15 is 0 Å². The van der Waals surface area contributed by atoms with Gasteiger partial charge in [-0.2, -0.15) is 0 Å². The number of hydrogen-bond donors (Lipinski definition) is 2. The lowest BCUT2D eigenvalue weighted by Crippen LogP contribution is -2.65. The summed E-state index contributed by atoms with van der Waals surface area (Å²) in [5, 5.41) is 5.52. The van der Waals surface area contributed by atoms with Crippen molar-refractivity contribution < 1.29 is 23.9 Å². The second-order valence-electron chi connectivity index (χ2n) is 9.98. The number of nitrogens with zero attached hydrogens (tertiary/aromatic N) is 2. The Hall–Kier alpha value is -3.72. The van der Waals surface area contributed by atoms with E-state index in [1.165, 1.54) is 11.8 Å². The van der Waals surface area contributed by atoms with Crippen LogP contribution in [0.3, 0.4) is 0 Å². The summed E-state index contributed by atoms with van der Waals surface area (Å²) in [5.74, 6) is -0.782. The molecule has 2 saturated heterocycles. The first-order chi connectivity index (χ1) is 17.9. The summed E-state index contributed by atoms with van der Waals surface area (Å²) in [4.78, 5) is 54.2. The van der Waals surface area contributed by atoms with Gasteiger partial charge in [-0.1, -0.05) is 43.2 Å². The minimum atomic E-state index is -0.744. The maximum atomic E-state index is 13.7. The first kappa shape index (κ1) is 25.0. The lowest BCUT2D eigenvalue weighted by Gasteiger charge is -2.43. The molecule has 2 N–H and O–H groups in total. The topological polar surface area (TPSA) is 108 Å². The van der Waals surface area contributed by atoms with Gasteiger partial charge in [0.25, 0.3) is 5.91 Å². The largest absolute Gasteiger partial charge is 0.363 e. The van der Waals surface area contributed by atoms with Gasteiger partial charge >= 0.3 is 6.03 Å². The molecule has 0 radical (unpaired) electrons. The van der Waals surface area contributed by atoms with Crippen molar-refractivity contribution in [1.82, 2.24) is 9.80 Å². The summed E-state index contributed by atoms with van der Waals surface area (Å²) in [6, 6.07) is 15.6. The third-order valence-electron chi connectivity index (χ3n) is 7.44. The molecule has 2 aromatic rings. The molecule has 1 aliphatic carbocycles. The molecule has 2 aliphatic heterocycles. The second-order valence-corrected chi connectivity index (χ2v) is 9.98. The van der Waals surface area contributed by atoms with Crippen LogP contribution in [-0.2, 0) is 25.5 Å². The fraction of sp³-hybridized carbons (Fsp3) is 0.429. The summed E-state index contributed by atoms with van der Waals surface area (Å²) < 4.78 is 6.24. The number of nitrogens with one attached hydrogen (secondary N) is 2. The van der Waals surface area contributed by atoms with E-state index in [2.05, 4.69) is 10.6 Å². The van der Waals surface area contributed by atoms with Crippen molar-refractivity contribution in [1.29, 1.82) is 0 Å². The normalized spacial score (nSPS) is 24.9. The van der Waals surface area contributed by atoms with Crippen LogP contribution in [0.1, 0.15) is 38.2 Å². The van der Waals surface area contributed by atoms with Crippen molar-refractivity contribution in [2.24, 2.45) is 5.92 Å². The zero-order valence-electron chi connectivity index (χ0n) is 20.9. The third-order valence-corrected chi connectivity index (χ3v) is 7.44. The average molecular weight is 505 g/mol. The number of hydrogen-bond acceptors (Lipinski definition) is 5. The number of fused-ring (bicyclic) bond motifs is 3. The zero-order valence-corrected chi connectivity index (χ0v) is 20.9. The van der Waals surface area contributed by atoms with Gasteiger partial charge in [-0.25, -0.2) is 4.79 Å². The molecule has 9 heteroatoms. The van der Waals surface area contributed by atoms with E-state index in [9.17, 15) is 19.2 Å². The first-order valence-electron chi connectivity index (χ1n) is 12.9. The highest BCUT2D eigenvalue weighted by Gasteiger charge is 2.57. The molecule has 3 fully saturated rings. The highest BCUT2D eigenvalue weighted by atomic mass is 16.5. The van der Waals surface area contributed by atoms with Gasteiger partial charge in [0.1, 0.15) is 6.54 Å². The van der Waals surface area contributed by atoms with Crippen LogP contribution in [-0.4, -0.2) is 64.9 Å². The van der Waals surface area contributed by atoms with Gasteiger partial charge < -0.3 is 20.3 Å². The minimum absolute atomic E-state index is 0.0488. The van der Waals surface area contributed by atoms with Crippen molar-refractivity contribution >= 4 is 35.1 Å². The average Bonchev–Trinajstić information content (AvgIpc) is 3.28. The van der Waals surface area contributed by atoms with Gasteiger partial charge in [-0.05, 0) is 49.1 Å². The van der Waals surface area contributed by atoms with Crippen LogP contribution >= 0.6 is 0 Å². The number of benzene rings is 2. The van der Waals surface area contributed by atoms with Crippen molar-refractivity contribution in [2.45, 2.75) is 57.3 Å². The highest BCUT2D eigenvalue weighted by molar-refractivity contribution is 6.02. The van der Waals surface area contributed by atoms with Crippen LogP contribution in [0, 0.1) is 5.92 Å². The quantitative estimate of drug-likeness (QED) is 0.601. The molecule has 194 valence electrons. The molecule has 5 rings (SSSR count). The molecular weight excluding hydrogens is 472 g/mol. The Balaban J connectivity index is 1.33. The number of anilines is 2. The number of carbonyl (C=O) groups is 4. The summed E-state index contributed by atoms with van der Waals surface area (Å²) in [7, 11) is 0. The fourth-order valence-corrected chi connectivity index (χ4v) is 5.77. The predicted molar refractivity (Wildman–Crippen MR) is 138 cm³/mol. The molecule has 4 unspecified atom stereocenters. The molecule has 9 nitrogen and oxygen atoms in total. The van der Waals surface area contributed by atoms with Crippen molar-refractivity contribution in [2.75, 3.05) is 23.7 Å².